The smallest absolute Gasteiger partial charge is 0.225 e. The van der Waals surface area contributed by atoms with E-state index in [2.05, 4.69) is 5.32 Å². The van der Waals surface area contributed by atoms with Crippen molar-refractivity contribution < 1.29 is 14.0 Å². The van der Waals surface area contributed by atoms with Crippen LogP contribution in [-0.2, 0) is 9.59 Å². The van der Waals surface area contributed by atoms with E-state index in [9.17, 15) is 14.0 Å². The third kappa shape index (κ3) is 3.40. The van der Waals surface area contributed by atoms with Crippen LogP contribution in [0.3, 0.4) is 0 Å². The van der Waals surface area contributed by atoms with Gasteiger partial charge >= 0.3 is 0 Å². The van der Waals surface area contributed by atoms with Crippen molar-refractivity contribution in [3.05, 3.63) is 35.6 Å². The Morgan fingerprint density at radius 1 is 1.48 bits per heavy atom. The van der Waals surface area contributed by atoms with Crippen molar-refractivity contribution in [2.24, 2.45) is 5.92 Å². The quantitative estimate of drug-likeness (QED) is 0.925. The lowest BCUT2D eigenvalue weighted by Crippen LogP contribution is -2.46. The molecule has 0 spiro atoms. The number of rotatable bonds is 4. The molecule has 114 valence electrons. The number of carbonyl (C=O) groups is 2. The molecule has 2 amide bonds. The minimum Gasteiger partial charge on any atom is -0.356 e. The van der Waals surface area contributed by atoms with Gasteiger partial charge in [0.15, 0.2) is 0 Å². The Labute approximate surface area is 124 Å². The predicted octanol–water partition coefficient (Wildman–Crippen LogP) is 2.26. The van der Waals surface area contributed by atoms with Crippen LogP contribution in [0.25, 0.3) is 0 Å². The molecule has 1 aromatic rings. The molecule has 1 heterocycles. The summed E-state index contributed by atoms with van der Waals surface area (Å²) in [6, 6.07) is 5.74. The van der Waals surface area contributed by atoms with E-state index in [1.165, 1.54) is 12.1 Å². The second-order valence-corrected chi connectivity index (χ2v) is 5.44. The van der Waals surface area contributed by atoms with Crippen LogP contribution in [0.4, 0.5) is 4.39 Å². The molecule has 0 radical (unpaired) electrons. The first-order valence-electron chi connectivity index (χ1n) is 7.33. The van der Waals surface area contributed by atoms with Crippen LogP contribution in [0, 0.1) is 11.7 Å². The molecule has 1 N–H and O–H groups in total. The molecule has 1 saturated heterocycles. The predicted molar refractivity (Wildman–Crippen MR) is 77.9 cm³/mol. The van der Waals surface area contributed by atoms with E-state index in [0.29, 0.717) is 24.9 Å². The van der Waals surface area contributed by atoms with E-state index in [-0.39, 0.29) is 23.5 Å². The van der Waals surface area contributed by atoms with Crippen molar-refractivity contribution in [2.75, 3.05) is 13.6 Å². The number of hydrogen-bond acceptors (Lipinski definition) is 2. The number of benzene rings is 1. The topological polar surface area (TPSA) is 49.4 Å². The molecule has 2 atom stereocenters. The summed E-state index contributed by atoms with van der Waals surface area (Å²) in [5.41, 5.74) is 0.669. The summed E-state index contributed by atoms with van der Waals surface area (Å²) >= 11 is 0. The van der Waals surface area contributed by atoms with E-state index < -0.39 is 6.04 Å². The maximum absolute atomic E-state index is 13.5. The second-order valence-electron chi connectivity index (χ2n) is 5.44. The Morgan fingerprint density at radius 3 is 2.90 bits per heavy atom. The van der Waals surface area contributed by atoms with Gasteiger partial charge in [-0.1, -0.05) is 19.1 Å². The van der Waals surface area contributed by atoms with Gasteiger partial charge in [0.1, 0.15) is 5.82 Å². The van der Waals surface area contributed by atoms with Gasteiger partial charge in [0, 0.05) is 20.0 Å². The van der Waals surface area contributed by atoms with Crippen molar-refractivity contribution in [2.45, 2.75) is 32.2 Å². The number of halogens is 1. The first-order valence-corrected chi connectivity index (χ1v) is 7.33. The molecule has 1 aliphatic heterocycles. The van der Waals surface area contributed by atoms with Gasteiger partial charge in [-0.2, -0.15) is 0 Å². The molecule has 0 bridgehead atoms. The highest BCUT2D eigenvalue weighted by Crippen LogP contribution is 2.36. The number of nitrogens with zero attached hydrogens (tertiary/aromatic N) is 1. The molecule has 0 unspecified atom stereocenters. The molecule has 5 heteroatoms. The summed E-state index contributed by atoms with van der Waals surface area (Å²) < 4.78 is 13.5. The maximum atomic E-state index is 13.5. The van der Waals surface area contributed by atoms with Crippen molar-refractivity contribution in [3.63, 3.8) is 0 Å². The zero-order valence-corrected chi connectivity index (χ0v) is 12.4. The van der Waals surface area contributed by atoms with Gasteiger partial charge in [0.2, 0.25) is 11.8 Å². The van der Waals surface area contributed by atoms with Crippen LogP contribution in [0.15, 0.2) is 24.3 Å². The minimum atomic E-state index is -0.404. The van der Waals surface area contributed by atoms with Crippen LogP contribution in [0.2, 0.25) is 0 Å². The highest BCUT2D eigenvalue weighted by Gasteiger charge is 2.38. The van der Waals surface area contributed by atoms with Gasteiger partial charge in [-0.25, -0.2) is 4.39 Å². The van der Waals surface area contributed by atoms with Crippen LogP contribution >= 0.6 is 0 Å². The van der Waals surface area contributed by atoms with Gasteiger partial charge in [0.25, 0.3) is 0 Å². The normalized spacial score (nSPS) is 22.2. The van der Waals surface area contributed by atoms with Gasteiger partial charge in [-0.05, 0) is 30.5 Å². The molecule has 0 aromatic heterocycles. The minimum absolute atomic E-state index is 0.0104. The highest BCUT2D eigenvalue weighted by atomic mass is 19.1. The zero-order valence-electron chi connectivity index (χ0n) is 12.4. The number of piperidine rings is 1. The molecule has 1 aromatic carbocycles. The lowest BCUT2D eigenvalue weighted by molar-refractivity contribution is -0.141. The summed E-state index contributed by atoms with van der Waals surface area (Å²) in [6.45, 7) is 2.60. The van der Waals surface area contributed by atoms with Gasteiger partial charge < -0.3 is 10.2 Å². The SMILES string of the molecule is CCCNC(=O)[C@@H]1CCC(=O)N(C)[C@@H]1c1cccc(F)c1. The van der Waals surface area contributed by atoms with Crippen LogP contribution in [-0.4, -0.2) is 30.3 Å². The van der Waals surface area contributed by atoms with E-state index in [4.69, 9.17) is 0 Å². The fraction of sp³-hybridized carbons (Fsp3) is 0.500. The molecule has 4 nitrogen and oxygen atoms in total. The fourth-order valence-corrected chi connectivity index (χ4v) is 2.84. The standard InChI is InChI=1S/C16H21FN2O2/c1-3-9-18-16(21)13-7-8-14(20)19(2)15(13)11-5-4-6-12(17)10-11/h4-6,10,13,15H,3,7-9H2,1-2H3,(H,18,21)/t13-,15-/m1/s1. The summed E-state index contributed by atoms with van der Waals surface area (Å²) in [7, 11) is 1.68. The van der Waals surface area contributed by atoms with Crippen molar-refractivity contribution >= 4 is 11.8 Å². The van der Waals surface area contributed by atoms with E-state index in [1.54, 1.807) is 24.1 Å². The van der Waals surface area contributed by atoms with Crippen molar-refractivity contribution in [1.82, 2.24) is 10.2 Å². The van der Waals surface area contributed by atoms with Gasteiger partial charge in [-0.3, -0.25) is 9.59 Å². The third-order valence-corrected chi connectivity index (χ3v) is 3.94. The maximum Gasteiger partial charge on any atom is 0.225 e. The Hall–Kier alpha value is -1.91. The molecule has 2 rings (SSSR count). The molecule has 1 aliphatic rings. The fourth-order valence-electron chi connectivity index (χ4n) is 2.84. The van der Waals surface area contributed by atoms with Crippen molar-refractivity contribution in [1.29, 1.82) is 0 Å². The first kappa shape index (κ1) is 15.5. The van der Waals surface area contributed by atoms with Crippen LogP contribution < -0.4 is 5.32 Å². The Morgan fingerprint density at radius 2 is 2.24 bits per heavy atom. The zero-order chi connectivity index (χ0) is 15.4. The van der Waals surface area contributed by atoms with E-state index in [0.717, 1.165) is 6.42 Å². The number of carbonyl (C=O) groups excluding carboxylic acids is 2. The summed E-state index contributed by atoms with van der Waals surface area (Å²) in [6.07, 6.45) is 1.71. The molecule has 0 saturated carbocycles. The Bertz CT molecular complexity index is 533. The van der Waals surface area contributed by atoms with Crippen LogP contribution in [0.5, 0.6) is 0 Å². The first-order chi connectivity index (χ1) is 10.0. The molecular weight excluding hydrogens is 271 g/mol. The summed E-state index contributed by atoms with van der Waals surface area (Å²) in [4.78, 5) is 25.8. The van der Waals surface area contributed by atoms with Crippen LogP contribution in [0.1, 0.15) is 37.8 Å². The molecule has 21 heavy (non-hydrogen) atoms. The lowest BCUT2D eigenvalue weighted by atomic mass is 9.84. The number of amides is 2. The van der Waals surface area contributed by atoms with E-state index >= 15 is 0 Å². The Kier molecular flexibility index (Phi) is 4.94. The lowest BCUT2D eigenvalue weighted by Gasteiger charge is -2.38. The summed E-state index contributed by atoms with van der Waals surface area (Å²) in [5.74, 6) is -0.762. The van der Waals surface area contributed by atoms with Gasteiger partial charge in [0.05, 0.1) is 12.0 Å². The monoisotopic (exact) mass is 292 g/mol. The molecule has 1 fully saturated rings. The third-order valence-electron chi connectivity index (χ3n) is 3.94. The largest absolute Gasteiger partial charge is 0.356 e. The summed E-state index contributed by atoms with van der Waals surface area (Å²) in [5, 5.41) is 2.88. The average Bonchev–Trinajstić information content (AvgIpc) is 2.47. The molecular formula is C16H21FN2O2. The second kappa shape index (κ2) is 6.70. The highest BCUT2D eigenvalue weighted by molar-refractivity contribution is 5.84. The number of nitrogens with one attached hydrogen (secondary N) is 1. The van der Waals surface area contributed by atoms with Crippen molar-refractivity contribution in [3.8, 4) is 0 Å². The van der Waals surface area contributed by atoms with E-state index in [1.807, 2.05) is 6.92 Å². The number of likely N-dealkylation sites (tertiary alicyclic amines) is 1. The van der Waals surface area contributed by atoms with Gasteiger partial charge in [-0.15, -0.1) is 0 Å². The average molecular weight is 292 g/mol. The number of hydrogen-bond donors (Lipinski definition) is 1. The molecule has 0 aliphatic carbocycles. The Balaban J connectivity index is 2.29.